The van der Waals surface area contributed by atoms with Gasteiger partial charge in [0.15, 0.2) is 11.8 Å². The predicted molar refractivity (Wildman–Crippen MR) is 140 cm³/mol. The van der Waals surface area contributed by atoms with Gasteiger partial charge in [-0.3, -0.25) is 9.20 Å². The second-order valence-electron chi connectivity index (χ2n) is 8.63. The number of pyridine rings is 2. The average Bonchev–Trinajstić information content (AvgIpc) is 2.87. The van der Waals surface area contributed by atoms with Crippen LogP contribution in [0, 0.1) is 11.3 Å². The van der Waals surface area contributed by atoms with Gasteiger partial charge in [-0.1, -0.05) is 35.3 Å². The van der Waals surface area contributed by atoms with Gasteiger partial charge in [0, 0.05) is 18.7 Å². The minimum Gasteiger partial charge on any atom is -0.476 e. The maximum absolute atomic E-state index is 14.6. The maximum atomic E-state index is 14.6. The number of nitrogens with zero attached hydrogens (tertiary/aromatic N) is 4. The number of carboxylic acids is 1. The summed E-state index contributed by atoms with van der Waals surface area (Å²) in [5.41, 5.74) is -0.101. The Morgan fingerprint density at radius 2 is 1.87 bits per heavy atom. The normalized spacial score (nSPS) is 12.9. The Balaban J connectivity index is 1.78. The van der Waals surface area contributed by atoms with Gasteiger partial charge in [0.05, 0.1) is 34.5 Å². The van der Waals surface area contributed by atoms with E-state index in [-0.39, 0.29) is 44.2 Å². The number of aromatic nitrogens is 3. The molecular formula is C26H19Cl2F2N5O4. The molecular weight excluding hydrogens is 555 g/mol. The molecule has 9 nitrogen and oxygen atoms in total. The van der Waals surface area contributed by atoms with Crippen LogP contribution in [-0.2, 0) is 0 Å². The van der Waals surface area contributed by atoms with Gasteiger partial charge in [0.2, 0.25) is 5.88 Å². The number of fused-ring (bicyclic) bond motifs is 1. The standard InChI is InChI=1S/C26H19Cl2F2N5O4/c1-13(32-18-7-8-19(28)33-22(18)25(37)38)17-9-16(27)12-35-21(36)10-20(34-24(17)35)39-23(26(2,29)30)15-5-3-14(11-31)4-6-15/h3-10,12-13,23,32H,1-2H3,(H,37,38)/t13-,23-/m1/s1. The van der Waals surface area contributed by atoms with Crippen molar-refractivity contribution >= 4 is 40.5 Å². The Labute approximate surface area is 230 Å². The number of nitrogens with one attached hydrogen (secondary N) is 1. The minimum atomic E-state index is -3.38. The van der Waals surface area contributed by atoms with Gasteiger partial charge in [0.1, 0.15) is 10.8 Å². The lowest BCUT2D eigenvalue weighted by atomic mass is 10.0. The predicted octanol–water partition coefficient (Wildman–Crippen LogP) is 5.91. The van der Waals surface area contributed by atoms with E-state index in [1.807, 2.05) is 6.07 Å². The van der Waals surface area contributed by atoms with Crippen molar-refractivity contribution in [3.8, 4) is 11.9 Å². The highest BCUT2D eigenvalue weighted by Gasteiger charge is 2.38. The fourth-order valence-corrected chi connectivity index (χ4v) is 4.26. The smallest absolute Gasteiger partial charge is 0.356 e. The fraction of sp³-hybridized carbons (Fsp3) is 0.192. The van der Waals surface area contributed by atoms with Crippen LogP contribution in [0.15, 0.2) is 59.5 Å². The molecule has 0 saturated heterocycles. The molecule has 13 heteroatoms. The van der Waals surface area contributed by atoms with E-state index in [4.69, 9.17) is 33.2 Å². The van der Waals surface area contributed by atoms with Crippen LogP contribution in [0.1, 0.15) is 53.2 Å². The number of ether oxygens (including phenoxy) is 1. The zero-order valence-corrected chi connectivity index (χ0v) is 21.8. The molecule has 0 saturated carbocycles. The first-order valence-corrected chi connectivity index (χ1v) is 12.1. The van der Waals surface area contributed by atoms with Crippen LogP contribution in [0.5, 0.6) is 5.88 Å². The van der Waals surface area contributed by atoms with Crippen LogP contribution < -0.4 is 15.6 Å². The number of rotatable bonds is 8. The van der Waals surface area contributed by atoms with E-state index in [1.54, 1.807) is 6.92 Å². The number of nitriles is 1. The van der Waals surface area contributed by atoms with Crippen molar-refractivity contribution in [2.45, 2.75) is 31.9 Å². The summed E-state index contributed by atoms with van der Waals surface area (Å²) < 4.78 is 35.9. The van der Waals surface area contributed by atoms with Gasteiger partial charge in [-0.05, 0) is 42.8 Å². The largest absolute Gasteiger partial charge is 0.476 e. The lowest BCUT2D eigenvalue weighted by Crippen LogP contribution is -2.28. The molecule has 0 spiro atoms. The summed E-state index contributed by atoms with van der Waals surface area (Å²) in [5.74, 6) is -5.07. The number of carbonyl (C=O) groups is 1. The number of hydrogen-bond acceptors (Lipinski definition) is 7. The number of halogens is 4. The summed E-state index contributed by atoms with van der Waals surface area (Å²) in [6.07, 6.45) is -0.505. The first kappa shape index (κ1) is 27.8. The molecule has 3 heterocycles. The average molecular weight is 574 g/mol. The van der Waals surface area contributed by atoms with Crippen LogP contribution in [0.3, 0.4) is 0 Å². The zero-order valence-electron chi connectivity index (χ0n) is 20.3. The number of anilines is 1. The Morgan fingerprint density at radius 3 is 2.49 bits per heavy atom. The molecule has 0 aliphatic heterocycles. The first-order valence-electron chi connectivity index (χ1n) is 11.3. The Hall–Kier alpha value is -4.27. The maximum Gasteiger partial charge on any atom is 0.356 e. The van der Waals surface area contributed by atoms with Gasteiger partial charge in [-0.2, -0.15) is 10.2 Å². The monoisotopic (exact) mass is 573 g/mol. The van der Waals surface area contributed by atoms with Crippen molar-refractivity contribution in [2.24, 2.45) is 0 Å². The first-order chi connectivity index (χ1) is 18.4. The Kier molecular flexibility index (Phi) is 7.72. The van der Waals surface area contributed by atoms with E-state index in [9.17, 15) is 23.5 Å². The summed E-state index contributed by atoms with van der Waals surface area (Å²) in [6.45, 7) is 2.33. The van der Waals surface area contributed by atoms with Crippen molar-refractivity contribution in [3.05, 3.63) is 97.6 Å². The second-order valence-corrected chi connectivity index (χ2v) is 9.45. The van der Waals surface area contributed by atoms with E-state index in [1.165, 1.54) is 48.7 Å². The molecule has 0 amide bonds. The summed E-state index contributed by atoms with van der Waals surface area (Å²) in [6, 6.07) is 12.0. The summed E-state index contributed by atoms with van der Waals surface area (Å²) >= 11 is 12.1. The molecule has 0 radical (unpaired) electrons. The Morgan fingerprint density at radius 1 is 1.18 bits per heavy atom. The molecule has 4 aromatic rings. The van der Waals surface area contributed by atoms with Gasteiger partial charge in [-0.25, -0.2) is 18.6 Å². The molecule has 39 heavy (non-hydrogen) atoms. The van der Waals surface area contributed by atoms with Gasteiger partial charge in [-0.15, -0.1) is 0 Å². The van der Waals surface area contributed by atoms with Crippen molar-refractivity contribution in [1.29, 1.82) is 5.26 Å². The van der Waals surface area contributed by atoms with E-state index in [2.05, 4.69) is 15.3 Å². The lowest BCUT2D eigenvalue weighted by molar-refractivity contribution is -0.0841. The van der Waals surface area contributed by atoms with Crippen molar-refractivity contribution in [2.75, 3.05) is 5.32 Å². The molecule has 3 aromatic heterocycles. The van der Waals surface area contributed by atoms with Crippen molar-refractivity contribution in [1.82, 2.24) is 14.4 Å². The van der Waals surface area contributed by atoms with Crippen LogP contribution in [0.2, 0.25) is 10.2 Å². The van der Waals surface area contributed by atoms with Gasteiger partial charge < -0.3 is 15.2 Å². The van der Waals surface area contributed by atoms with Crippen LogP contribution >= 0.6 is 23.2 Å². The summed E-state index contributed by atoms with van der Waals surface area (Å²) in [4.78, 5) is 32.8. The molecule has 200 valence electrons. The third kappa shape index (κ3) is 6.08. The topological polar surface area (TPSA) is 130 Å². The summed E-state index contributed by atoms with van der Waals surface area (Å²) in [7, 11) is 0. The van der Waals surface area contributed by atoms with Crippen LogP contribution in [-0.4, -0.2) is 31.4 Å². The van der Waals surface area contributed by atoms with Gasteiger partial charge >= 0.3 is 5.97 Å². The molecule has 0 bridgehead atoms. The molecule has 2 N–H and O–H groups in total. The highest BCUT2D eigenvalue weighted by atomic mass is 35.5. The van der Waals surface area contributed by atoms with Crippen molar-refractivity contribution in [3.63, 3.8) is 0 Å². The number of aromatic carboxylic acids is 1. The Bertz CT molecular complexity index is 1670. The zero-order chi connectivity index (χ0) is 28.5. The van der Waals surface area contributed by atoms with Gasteiger partial charge in [0.25, 0.3) is 11.5 Å². The minimum absolute atomic E-state index is 0.0154. The van der Waals surface area contributed by atoms with Crippen LogP contribution in [0.25, 0.3) is 5.65 Å². The molecule has 2 atom stereocenters. The molecule has 0 aliphatic carbocycles. The van der Waals surface area contributed by atoms with E-state index in [0.717, 1.165) is 10.5 Å². The number of carboxylic acid groups (broad SMARTS) is 1. The third-order valence-electron chi connectivity index (χ3n) is 5.68. The van der Waals surface area contributed by atoms with Crippen LogP contribution in [0.4, 0.5) is 14.5 Å². The highest BCUT2D eigenvalue weighted by molar-refractivity contribution is 6.30. The molecule has 0 aliphatic rings. The molecule has 0 unspecified atom stereocenters. The fourth-order valence-electron chi connectivity index (χ4n) is 3.89. The van der Waals surface area contributed by atoms with E-state index < -0.39 is 29.6 Å². The molecule has 1 aromatic carbocycles. The number of alkyl halides is 2. The number of benzene rings is 1. The third-order valence-corrected chi connectivity index (χ3v) is 6.09. The lowest BCUT2D eigenvalue weighted by Gasteiger charge is -2.25. The van der Waals surface area contributed by atoms with E-state index in [0.29, 0.717) is 12.5 Å². The SMILES string of the molecule is C[C@@H](Nc1ccc(Cl)nc1C(=O)O)c1cc(Cl)cn2c(=O)cc(O[C@H](c3ccc(C#N)cc3)C(C)(F)F)nc12. The molecule has 0 fully saturated rings. The summed E-state index contributed by atoms with van der Waals surface area (Å²) in [5, 5.41) is 21.7. The highest BCUT2D eigenvalue weighted by Crippen LogP contribution is 2.35. The van der Waals surface area contributed by atoms with Crippen molar-refractivity contribution < 1.29 is 23.4 Å². The second kappa shape index (κ2) is 10.8. The molecule has 4 rings (SSSR count). The quantitative estimate of drug-likeness (QED) is 0.249. The number of hydrogen-bond donors (Lipinski definition) is 2. The van der Waals surface area contributed by atoms with E-state index >= 15 is 0 Å².